The third-order valence-electron chi connectivity index (χ3n) is 4.00. The van der Waals surface area contributed by atoms with Crippen molar-refractivity contribution in [2.24, 2.45) is 0 Å². The molecule has 0 saturated carbocycles. The third kappa shape index (κ3) is 2.93. The molecule has 0 spiro atoms. The lowest BCUT2D eigenvalue weighted by Gasteiger charge is -2.31. The highest BCUT2D eigenvalue weighted by Gasteiger charge is 2.33. The lowest BCUT2D eigenvalue weighted by molar-refractivity contribution is -0.137. The van der Waals surface area contributed by atoms with Crippen LogP contribution in [0.3, 0.4) is 0 Å². The number of anilines is 1. The van der Waals surface area contributed by atoms with Gasteiger partial charge in [0.1, 0.15) is 0 Å². The molecule has 1 heterocycles. The Kier molecular flexibility index (Phi) is 3.81. The summed E-state index contributed by atoms with van der Waals surface area (Å²) in [7, 11) is 0. The number of alkyl halides is 3. The molecule has 0 aliphatic carbocycles. The molecule has 0 radical (unpaired) electrons. The molecule has 0 unspecified atom stereocenters. The number of hydrogen-bond acceptors (Lipinski definition) is 1. The van der Waals surface area contributed by atoms with Crippen molar-refractivity contribution >= 4 is 17.3 Å². The van der Waals surface area contributed by atoms with Crippen LogP contribution in [0.1, 0.15) is 22.3 Å². The first-order chi connectivity index (χ1) is 10.3. The number of aryl methyl sites for hydroxylation is 1. The Morgan fingerprint density at radius 2 is 1.82 bits per heavy atom. The van der Waals surface area contributed by atoms with Crippen molar-refractivity contribution in [1.29, 1.82) is 0 Å². The predicted octanol–water partition coefficient (Wildman–Crippen LogP) is 5.23. The number of nitrogens with zero attached hydrogens (tertiary/aromatic N) is 1. The van der Waals surface area contributed by atoms with Crippen molar-refractivity contribution < 1.29 is 13.2 Å². The van der Waals surface area contributed by atoms with Crippen LogP contribution in [0.4, 0.5) is 18.9 Å². The Balaban J connectivity index is 1.87. The molecule has 0 amide bonds. The number of benzene rings is 2. The predicted molar refractivity (Wildman–Crippen MR) is 82.4 cm³/mol. The molecule has 0 atom stereocenters. The SMILES string of the molecule is Cc1ccc2c(c1)CCN(c1ccc(C(F)(F)F)c(Cl)c1)C2. The normalized spacial score (nSPS) is 14.9. The second-order valence-electron chi connectivity index (χ2n) is 5.61. The smallest absolute Gasteiger partial charge is 0.367 e. The van der Waals surface area contributed by atoms with E-state index >= 15 is 0 Å². The van der Waals surface area contributed by atoms with Crippen LogP contribution in [0.5, 0.6) is 0 Å². The molecule has 1 nitrogen and oxygen atoms in total. The van der Waals surface area contributed by atoms with Gasteiger partial charge in [0.2, 0.25) is 0 Å². The van der Waals surface area contributed by atoms with Crippen molar-refractivity contribution in [3.63, 3.8) is 0 Å². The second kappa shape index (κ2) is 5.51. The van der Waals surface area contributed by atoms with Crippen molar-refractivity contribution in [2.75, 3.05) is 11.4 Å². The van der Waals surface area contributed by atoms with Gasteiger partial charge in [-0.1, -0.05) is 35.4 Å². The van der Waals surface area contributed by atoms with Gasteiger partial charge in [-0.05, 0) is 42.7 Å². The van der Waals surface area contributed by atoms with E-state index in [4.69, 9.17) is 11.6 Å². The quantitative estimate of drug-likeness (QED) is 0.694. The molecule has 0 bridgehead atoms. The summed E-state index contributed by atoms with van der Waals surface area (Å²) in [6, 6.07) is 10.3. The zero-order valence-electron chi connectivity index (χ0n) is 12.0. The molecule has 0 aromatic heterocycles. The molecule has 0 saturated heterocycles. The first kappa shape index (κ1) is 15.2. The fourth-order valence-electron chi connectivity index (χ4n) is 2.83. The average molecular weight is 326 g/mol. The van der Waals surface area contributed by atoms with Crippen LogP contribution in [0.2, 0.25) is 5.02 Å². The number of rotatable bonds is 1. The Morgan fingerprint density at radius 1 is 1.05 bits per heavy atom. The Morgan fingerprint density at radius 3 is 2.50 bits per heavy atom. The molecule has 0 fully saturated rings. The largest absolute Gasteiger partial charge is 0.417 e. The van der Waals surface area contributed by atoms with Gasteiger partial charge in [-0.25, -0.2) is 0 Å². The first-order valence-electron chi connectivity index (χ1n) is 7.05. The molecule has 3 rings (SSSR count). The van der Waals surface area contributed by atoms with E-state index in [0.717, 1.165) is 24.7 Å². The van der Waals surface area contributed by atoms with E-state index in [9.17, 15) is 13.2 Å². The Hall–Kier alpha value is -1.68. The van der Waals surface area contributed by atoms with Gasteiger partial charge in [0.25, 0.3) is 0 Å². The summed E-state index contributed by atoms with van der Waals surface area (Å²) in [6.45, 7) is 3.53. The zero-order valence-corrected chi connectivity index (χ0v) is 12.8. The van der Waals surface area contributed by atoms with Gasteiger partial charge in [0.15, 0.2) is 0 Å². The van der Waals surface area contributed by atoms with Crippen LogP contribution in [0.25, 0.3) is 0 Å². The maximum absolute atomic E-state index is 12.8. The van der Waals surface area contributed by atoms with E-state index in [1.807, 2.05) is 0 Å². The van der Waals surface area contributed by atoms with Crippen molar-refractivity contribution in [3.8, 4) is 0 Å². The van der Waals surface area contributed by atoms with Gasteiger partial charge in [-0.3, -0.25) is 0 Å². The monoisotopic (exact) mass is 325 g/mol. The van der Waals surface area contributed by atoms with Crippen LogP contribution in [0, 0.1) is 6.92 Å². The lowest BCUT2D eigenvalue weighted by atomic mass is 9.97. The molecular weight excluding hydrogens is 311 g/mol. The maximum Gasteiger partial charge on any atom is 0.417 e. The first-order valence-corrected chi connectivity index (χ1v) is 7.42. The van der Waals surface area contributed by atoms with Crippen LogP contribution in [-0.2, 0) is 19.1 Å². The minimum absolute atomic E-state index is 0.250. The fraction of sp³-hybridized carbons (Fsp3) is 0.294. The second-order valence-corrected chi connectivity index (χ2v) is 6.01. The standard InChI is InChI=1S/C17H15ClF3N/c1-11-2-3-13-10-22(7-6-12(13)8-11)14-4-5-15(16(18)9-14)17(19,20)21/h2-5,8-9H,6-7,10H2,1H3. The van der Waals surface area contributed by atoms with Crippen molar-refractivity contribution in [3.05, 3.63) is 63.7 Å². The fourth-order valence-corrected chi connectivity index (χ4v) is 3.11. The summed E-state index contributed by atoms with van der Waals surface area (Å²) in [4.78, 5) is 2.06. The average Bonchev–Trinajstić information content (AvgIpc) is 2.45. The molecule has 22 heavy (non-hydrogen) atoms. The molecule has 1 aliphatic heterocycles. The van der Waals surface area contributed by atoms with E-state index in [1.165, 1.54) is 28.8 Å². The van der Waals surface area contributed by atoms with E-state index < -0.39 is 11.7 Å². The zero-order chi connectivity index (χ0) is 15.9. The number of halogens is 4. The van der Waals surface area contributed by atoms with Crippen LogP contribution in [-0.4, -0.2) is 6.54 Å². The maximum atomic E-state index is 12.8. The molecule has 2 aromatic rings. The minimum atomic E-state index is -4.42. The van der Waals surface area contributed by atoms with Crippen LogP contribution < -0.4 is 4.90 Å². The molecule has 2 aromatic carbocycles. The summed E-state index contributed by atoms with van der Waals surface area (Å²) < 4.78 is 38.3. The number of hydrogen-bond donors (Lipinski definition) is 0. The summed E-state index contributed by atoms with van der Waals surface area (Å²) >= 11 is 5.81. The molecule has 0 N–H and O–H groups in total. The molecule has 116 valence electrons. The Labute approximate surface area is 132 Å². The van der Waals surface area contributed by atoms with Gasteiger partial charge in [-0.2, -0.15) is 13.2 Å². The van der Waals surface area contributed by atoms with E-state index in [1.54, 1.807) is 0 Å². The third-order valence-corrected chi connectivity index (χ3v) is 4.31. The number of fused-ring (bicyclic) bond motifs is 1. The van der Waals surface area contributed by atoms with Crippen molar-refractivity contribution in [1.82, 2.24) is 0 Å². The topological polar surface area (TPSA) is 3.24 Å². The minimum Gasteiger partial charge on any atom is -0.367 e. The lowest BCUT2D eigenvalue weighted by Crippen LogP contribution is -2.30. The van der Waals surface area contributed by atoms with Crippen LogP contribution in [0.15, 0.2) is 36.4 Å². The van der Waals surface area contributed by atoms with Gasteiger partial charge in [0.05, 0.1) is 10.6 Å². The highest BCUT2D eigenvalue weighted by atomic mass is 35.5. The molecule has 5 heteroatoms. The summed E-state index contributed by atoms with van der Waals surface area (Å²) in [6.07, 6.45) is -3.53. The molecule has 1 aliphatic rings. The van der Waals surface area contributed by atoms with E-state index in [0.29, 0.717) is 6.54 Å². The van der Waals surface area contributed by atoms with Gasteiger partial charge >= 0.3 is 6.18 Å². The van der Waals surface area contributed by atoms with Crippen LogP contribution >= 0.6 is 11.6 Å². The summed E-state index contributed by atoms with van der Waals surface area (Å²) in [5.74, 6) is 0. The van der Waals surface area contributed by atoms with Gasteiger partial charge in [0, 0.05) is 18.8 Å². The van der Waals surface area contributed by atoms with E-state index in [2.05, 4.69) is 30.0 Å². The summed E-state index contributed by atoms with van der Waals surface area (Å²) in [5.41, 5.74) is 3.70. The highest BCUT2D eigenvalue weighted by Crippen LogP contribution is 2.37. The van der Waals surface area contributed by atoms with E-state index in [-0.39, 0.29) is 5.02 Å². The Bertz CT molecular complexity index is 710. The van der Waals surface area contributed by atoms with Gasteiger partial charge in [-0.15, -0.1) is 0 Å². The molecular formula is C17H15ClF3N. The highest BCUT2D eigenvalue weighted by molar-refractivity contribution is 6.31. The summed E-state index contributed by atoms with van der Waals surface area (Å²) in [5, 5.41) is -0.250. The van der Waals surface area contributed by atoms with Crippen molar-refractivity contribution in [2.45, 2.75) is 26.1 Å². The van der Waals surface area contributed by atoms with Gasteiger partial charge < -0.3 is 4.90 Å².